The molecule has 1 N–H and O–H groups in total. The average molecular weight is 376 g/mol. The van der Waals surface area contributed by atoms with Crippen LogP contribution in [0.2, 0.25) is 10.0 Å². The summed E-state index contributed by atoms with van der Waals surface area (Å²) < 4.78 is 0. The van der Waals surface area contributed by atoms with E-state index < -0.39 is 0 Å². The smallest absolute Gasteiger partial charge is 0.246 e. The first kappa shape index (κ1) is 17.8. The van der Waals surface area contributed by atoms with Crippen LogP contribution in [-0.2, 0) is 4.79 Å². The Hall–Kier alpha value is -1.97. The van der Waals surface area contributed by atoms with Crippen LogP contribution in [0.4, 0.5) is 0 Å². The summed E-state index contributed by atoms with van der Waals surface area (Å²) in [5.74, 6) is 0.692. The largest absolute Gasteiger partial charge is 0.508 e. The van der Waals surface area contributed by atoms with Crippen molar-refractivity contribution in [3.8, 4) is 5.75 Å². The van der Waals surface area contributed by atoms with Crippen molar-refractivity contribution in [3.05, 3.63) is 69.7 Å². The highest BCUT2D eigenvalue weighted by Gasteiger charge is 2.22. The van der Waals surface area contributed by atoms with Gasteiger partial charge >= 0.3 is 0 Å². The molecule has 0 aromatic heterocycles. The van der Waals surface area contributed by atoms with Gasteiger partial charge in [-0.1, -0.05) is 47.5 Å². The minimum atomic E-state index is -0.0137. The molecule has 0 aliphatic carbocycles. The lowest BCUT2D eigenvalue weighted by Gasteiger charge is -2.31. The van der Waals surface area contributed by atoms with Crippen LogP contribution in [0.1, 0.15) is 29.9 Å². The first-order valence-corrected chi connectivity index (χ1v) is 9.00. The molecule has 1 saturated heterocycles. The van der Waals surface area contributed by atoms with Crippen molar-refractivity contribution < 1.29 is 9.90 Å². The zero-order chi connectivity index (χ0) is 17.8. The summed E-state index contributed by atoms with van der Waals surface area (Å²) >= 11 is 12.1. The molecule has 0 spiro atoms. The van der Waals surface area contributed by atoms with Crippen molar-refractivity contribution in [2.75, 3.05) is 13.1 Å². The van der Waals surface area contributed by atoms with Crippen molar-refractivity contribution in [1.82, 2.24) is 4.90 Å². The molecule has 130 valence electrons. The van der Waals surface area contributed by atoms with E-state index in [2.05, 4.69) is 0 Å². The van der Waals surface area contributed by atoms with E-state index in [1.165, 1.54) is 5.56 Å². The molecule has 0 saturated carbocycles. The van der Waals surface area contributed by atoms with Crippen molar-refractivity contribution in [2.45, 2.75) is 18.8 Å². The number of phenols is 1. The molecule has 0 radical (unpaired) electrons. The molecule has 1 fully saturated rings. The summed E-state index contributed by atoms with van der Waals surface area (Å²) in [6, 6.07) is 12.7. The molecule has 0 unspecified atom stereocenters. The summed E-state index contributed by atoms with van der Waals surface area (Å²) in [5.41, 5.74) is 1.95. The maximum atomic E-state index is 12.4. The van der Waals surface area contributed by atoms with Gasteiger partial charge in [0.2, 0.25) is 5.91 Å². The molecule has 2 aromatic carbocycles. The molecule has 3 rings (SSSR count). The van der Waals surface area contributed by atoms with Crippen LogP contribution in [0.15, 0.2) is 48.5 Å². The fourth-order valence-electron chi connectivity index (χ4n) is 3.10. The van der Waals surface area contributed by atoms with E-state index in [9.17, 15) is 9.90 Å². The number of benzene rings is 2. The number of carbonyl (C=O) groups excluding carboxylic acids is 1. The minimum absolute atomic E-state index is 0.0137. The Balaban J connectivity index is 1.59. The van der Waals surface area contributed by atoms with Gasteiger partial charge in [0, 0.05) is 19.2 Å². The maximum absolute atomic E-state index is 12.4. The monoisotopic (exact) mass is 375 g/mol. The third-order valence-electron chi connectivity index (χ3n) is 4.56. The zero-order valence-electron chi connectivity index (χ0n) is 13.7. The summed E-state index contributed by atoms with van der Waals surface area (Å²) in [7, 11) is 0. The van der Waals surface area contributed by atoms with Crippen LogP contribution in [0.5, 0.6) is 5.75 Å². The van der Waals surface area contributed by atoms with Gasteiger partial charge in [-0.2, -0.15) is 0 Å². The second kappa shape index (κ2) is 7.94. The molecule has 3 nitrogen and oxygen atoms in total. The topological polar surface area (TPSA) is 40.5 Å². The van der Waals surface area contributed by atoms with Crippen molar-refractivity contribution in [3.63, 3.8) is 0 Å². The molecule has 25 heavy (non-hydrogen) atoms. The van der Waals surface area contributed by atoms with E-state index in [0.717, 1.165) is 31.5 Å². The second-order valence-corrected chi connectivity index (χ2v) is 6.95. The van der Waals surface area contributed by atoms with E-state index >= 15 is 0 Å². The highest BCUT2D eigenvalue weighted by Crippen LogP contribution is 2.29. The van der Waals surface area contributed by atoms with Gasteiger partial charge in [0.05, 0.1) is 10.0 Å². The van der Waals surface area contributed by atoms with Gasteiger partial charge in [-0.25, -0.2) is 0 Å². The van der Waals surface area contributed by atoms with Gasteiger partial charge in [-0.05, 0) is 54.2 Å². The van der Waals surface area contributed by atoms with Gasteiger partial charge < -0.3 is 10.0 Å². The molecular weight excluding hydrogens is 357 g/mol. The molecule has 1 amide bonds. The van der Waals surface area contributed by atoms with Gasteiger partial charge in [-0.15, -0.1) is 0 Å². The molecule has 0 bridgehead atoms. The van der Waals surface area contributed by atoms with Crippen LogP contribution in [0.25, 0.3) is 6.08 Å². The van der Waals surface area contributed by atoms with Crippen LogP contribution in [0.3, 0.4) is 0 Å². The van der Waals surface area contributed by atoms with Crippen LogP contribution in [-0.4, -0.2) is 29.0 Å². The van der Waals surface area contributed by atoms with Crippen LogP contribution < -0.4 is 0 Å². The fourth-order valence-corrected chi connectivity index (χ4v) is 3.47. The van der Waals surface area contributed by atoms with Crippen molar-refractivity contribution in [2.24, 2.45) is 0 Å². The average Bonchev–Trinajstić information content (AvgIpc) is 2.63. The van der Waals surface area contributed by atoms with Crippen molar-refractivity contribution >= 4 is 35.2 Å². The number of piperidine rings is 1. The molecule has 0 atom stereocenters. The summed E-state index contributed by atoms with van der Waals surface area (Å²) in [6.07, 6.45) is 5.10. The first-order valence-electron chi connectivity index (χ1n) is 8.24. The Labute approximate surface area is 157 Å². The third-order valence-corrected chi connectivity index (χ3v) is 5.39. The standard InChI is InChI=1S/C20H19Cl2NO2/c21-18-3-1-2-16(20(18)22)6-9-19(25)23-12-10-15(11-13-23)14-4-7-17(24)8-5-14/h1-9,15,24H,10-13H2/b9-6+. The third kappa shape index (κ3) is 4.36. The van der Waals surface area contributed by atoms with Gasteiger partial charge in [0.1, 0.15) is 5.75 Å². The number of amides is 1. The van der Waals surface area contributed by atoms with E-state index in [1.807, 2.05) is 29.2 Å². The zero-order valence-corrected chi connectivity index (χ0v) is 15.2. The first-order chi connectivity index (χ1) is 12.0. The van der Waals surface area contributed by atoms with Gasteiger partial charge in [0.15, 0.2) is 0 Å². The predicted octanol–water partition coefficient (Wildman–Crippen LogP) is 5.12. The van der Waals surface area contributed by atoms with E-state index in [4.69, 9.17) is 23.2 Å². The SMILES string of the molecule is O=C(/C=C/c1cccc(Cl)c1Cl)N1CCC(c2ccc(O)cc2)CC1. The number of rotatable bonds is 3. The van der Waals surface area contributed by atoms with E-state index in [0.29, 0.717) is 16.0 Å². The number of hydrogen-bond donors (Lipinski definition) is 1. The number of likely N-dealkylation sites (tertiary alicyclic amines) is 1. The fraction of sp³-hybridized carbons (Fsp3) is 0.250. The quantitative estimate of drug-likeness (QED) is 0.756. The summed E-state index contributed by atoms with van der Waals surface area (Å²) in [4.78, 5) is 14.2. The number of halogens is 2. The normalized spacial score (nSPS) is 15.7. The maximum Gasteiger partial charge on any atom is 0.246 e. The van der Waals surface area contributed by atoms with Crippen LogP contribution >= 0.6 is 23.2 Å². The summed E-state index contributed by atoms with van der Waals surface area (Å²) in [5, 5.41) is 10.3. The molecular formula is C20H19Cl2NO2. The van der Waals surface area contributed by atoms with Gasteiger partial charge in [-0.3, -0.25) is 4.79 Å². The lowest BCUT2D eigenvalue weighted by Crippen LogP contribution is -2.36. The Morgan fingerprint density at radius 2 is 1.76 bits per heavy atom. The minimum Gasteiger partial charge on any atom is -0.508 e. The second-order valence-electron chi connectivity index (χ2n) is 6.17. The highest BCUT2D eigenvalue weighted by atomic mass is 35.5. The molecule has 1 aliphatic rings. The van der Waals surface area contributed by atoms with Gasteiger partial charge in [0.25, 0.3) is 0 Å². The summed E-state index contributed by atoms with van der Waals surface area (Å²) in [6.45, 7) is 1.44. The highest BCUT2D eigenvalue weighted by molar-refractivity contribution is 6.42. The van der Waals surface area contributed by atoms with E-state index in [1.54, 1.807) is 30.4 Å². The molecule has 2 aromatic rings. The predicted molar refractivity (Wildman–Crippen MR) is 102 cm³/mol. The van der Waals surface area contributed by atoms with Crippen molar-refractivity contribution in [1.29, 1.82) is 0 Å². The number of nitrogens with zero attached hydrogens (tertiary/aromatic N) is 1. The Morgan fingerprint density at radius 1 is 1.08 bits per heavy atom. The Morgan fingerprint density at radius 3 is 2.44 bits per heavy atom. The number of carbonyl (C=O) groups is 1. The van der Waals surface area contributed by atoms with Crippen LogP contribution in [0, 0.1) is 0 Å². The molecule has 1 heterocycles. The van der Waals surface area contributed by atoms with E-state index in [-0.39, 0.29) is 11.7 Å². The number of phenolic OH excluding ortho intramolecular Hbond substituents is 1. The lowest BCUT2D eigenvalue weighted by atomic mass is 9.89. The molecule has 5 heteroatoms. The Kier molecular flexibility index (Phi) is 5.67. The number of hydrogen-bond acceptors (Lipinski definition) is 2. The number of aromatic hydroxyl groups is 1. The Bertz CT molecular complexity index is 779. The lowest BCUT2D eigenvalue weighted by molar-refractivity contribution is -0.126. The molecule has 1 aliphatic heterocycles.